The first-order valence-corrected chi connectivity index (χ1v) is 10.3. The summed E-state index contributed by atoms with van der Waals surface area (Å²) in [6.07, 6.45) is 14.0. The Morgan fingerprint density at radius 3 is 2.24 bits per heavy atom. The number of hydrogen-bond acceptors (Lipinski definition) is 1. The second-order valence-corrected chi connectivity index (χ2v) is 8.00. The van der Waals surface area contributed by atoms with Crippen LogP contribution in [0.15, 0.2) is 12.1 Å². The molecule has 0 spiro atoms. The molecule has 0 saturated heterocycles. The van der Waals surface area contributed by atoms with Gasteiger partial charge in [0, 0.05) is 0 Å². The summed E-state index contributed by atoms with van der Waals surface area (Å²) >= 11 is 0. The van der Waals surface area contributed by atoms with Gasteiger partial charge >= 0.3 is 0 Å². The van der Waals surface area contributed by atoms with Crippen molar-refractivity contribution in [2.45, 2.75) is 77.6 Å². The van der Waals surface area contributed by atoms with E-state index in [0.717, 1.165) is 18.3 Å². The third-order valence-corrected chi connectivity index (χ3v) is 6.46. The third kappa shape index (κ3) is 4.74. The Morgan fingerprint density at radius 1 is 0.880 bits per heavy atom. The lowest BCUT2D eigenvalue weighted by Gasteiger charge is -2.36. The van der Waals surface area contributed by atoms with Gasteiger partial charge in [0.15, 0.2) is 11.6 Å². The van der Waals surface area contributed by atoms with Crippen LogP contribution in [-0.2, 0) is 6.42 Å². The normalized spacial score (nSPS) is 25.1. The Bertz CT molecular complexity index is 543. The molecule has 2 saturated carbocycles. The molecule has 1 nitrogen and oxygen atoms in total. The van der Waals surface area contributed by atoms with Crippen molar-refractivity contribution in [3.8, 4) is 5.75 Å². The fourth-order valence-electron chi connectivity index (χ4n) is 4.95. The van der Waals surface area contributed by atoms with Crippen molar-refractivity contribution < 1.29 is 13.5 Å². The van der Waals surface area contributed by atoms with Crippen molar-refractivity contribution in [3.63, 3.8) is 0 Å². The smallest absolute Gasteiger partial charge is 0.200 e. The van der Waals surface area contributed by atoms with Gasteiger partial charge in [-0.15, -0.1) is 0 Å². The van der Waals surface area contributed by atoms with Gasteiger partial charge in [-0.2, -0.15) is 4.39 Å². The van der Waals surface area contributed by atoms with E-state index in [4.69, 9.17) is 4.74 Å². The van der Waals surface area contributed by atoms with E-state index in [0.29, 0.717) is 24.5 Å². The van der Waals surface area contributed by atoms with E-state index in [-0.39, 0.29) is 5.75 Å². The molecule has 0 amide bonds. The number of ether oxygens (including phenoxy) is 1. The first-order chi connectivity index (χ1) is 12.2. The molecule has 3 rings (SSSR count). The lowest BCUT2D eigenvalue weighted by atomic mass is 9.70. The van der Waals surface area contributed by atoms with Crippen LogP contribution in [0.2, 0.25) is 0 Å². The van der Waals surface area contributed by atoms with E-state index in [9.17, 15) is 8.78 Å². The van der Waals surface area contributed by atoms with Crippen LogP contribution in [0.1, 0.15) is 76.7 Å². The summed E-state index contributed by atoms with van der Waals surface area (Å²) in [6, 6.07) is 3.26. The van der Waals surface area contributed by atoms with E-state index in [2.05, 4.69) is 0 Å². The third-order valence-electron chi connectivity index (χ3n) is 6.46. The van der Waals surface area contributed by atoms with Crippen LogP contribution < -0.4 is 4.74 Å². The van der Waals surface area contributed by atoms with Gasteiger partial charge in [0.25, 0.3) is 0 Å². The zero-order chi connectivity index (χ0) is 17.6. The molecule has 1 aromatic carbocycles. The van der Waals surface area contributed by atoms with Gasteiger partial charge in [-0.3, -0.25) is 0 Å². The fraction of sp³-hybridized carbons (Fsp3) is 0.727. The van der Waals surface area contributed by atoms with Crippen molar-refractivity contribution in [2.75, 3.05) is 6.61 Å². The molecule has 0 heterocycles. The van der Waals surface area contributed by atoms with Crippen LogP contribution in [0.3, 0.4) is 0 Å². The van der Waals surface area contributed by atoms with Crippen LogP contribution in [-0.4, -0.2) is 6.61 Å². The summed E-state index contributed by atoms with van der Waals surface area (Å²) in [6.45, 7) is 2.12. The van der Waals surface area contributed by atoms with Gasteiger partial charge in [-0.25, -0.2) is 4.39 Å². The fourth-order valence-corrected chi connectivity index (χ4v) is 4.95. The second-order valence-electron chi connectivity index (χ2n) is 8.00. The van der Waals surface area contributed by atoms with Crippen molar-refractivity contribution in [2.24, 2.45) is 17.8 Å². The van der Waals surface area contributed by atoms with Gasteiger partial charge in [0.1, 0.15) is 0 Å². The zero-order valence-corrected chi connectivity index (χ0v) is 15.5. The van der Waals surface area contributed by atoms with Gasteiger partial charge in [0.2, 0.25) is 5.82 Å². The number of benzene rings is 1. The van der Waals surface area contributed by atoms with Crippen LogP contribution in [0.4, 0.5) is 8.78 Å². The summed E-state index contributed by atoms with van der Waals surface area (Å²) < 4.78 is 33.3. The van der Waals surface area contributed by atoms with Gasteiger partial charge in [0.05, 0.1) is 6.61 Å². The highest BCUT2D eigenvalue weighted by atomic mass is 19.2. The molecule has 1 aromatic rings. The topological polar surface area (TPSA) is 9.23 Å². The number of aryl methyl sites for hydroxylation is 1. The Labute approximate surface area is 151 Å². The predicted octanol–water partition coefficient (Wildman–Crippen LogP) is 6.68. The van der Waals surface area contributed by atoms with Crippen LogP contribution in [0.5, 0.6) is 5.75 Å². The van der Waals surface area contributed by atoms with Crippen molar-refractivity contribution in [1.29, 1.82) is 0 Å². The molecular formula is C22H32F2O. The Kier molecular flexibility index (Phi) is 6.72. The van der Waals surface area contributed by atoms with E-state index in [1.807, 2.05) is 0 Å². The molecule has 2 aliphatic rings. The number of halogens is 2. The van der Waals surface area contributed by atoms with Crippen LogP contribution in [0.25, 0.3) is 0 Å². The zero-order valence-electron chi connectivity index (χ0n) is 15.5. The molecule has 0 bridgehead atoms. The summed E-state index contributed by atoms with van der Waals surface area (Å²) in [5.41, 5.74) is 0.496. The minimum Gasteiger partial charge on any atom is -0.491 e. The highest BCUT2D eigenvalue weighted by Crippen LogP contribution is 2.41. The molecule has 25 heavy (non-hydrogen) atoms. The molecule has 0 aliphatic heterocycles. The van der Waals surface area contributed by atoms with E-state index >= 15 is 0 Å². The quantitative estimate of drug-likeness (QED) is 0.556. The summed E-state index contributed by atoms with van der Waals surface area (Å²) in [5, 5.41) is 0. The molecule has 0 atom stereocenters. The molecule has 2 aliphatic carbocycles. The van der Waals surface area contributed by atoms with Crippen molar-refractivity contribution >= 4 is 0 Å². The Balaban J connectivity index is 1.47. The summed E-state index contributed by atoms with van der Waals surface area (Å²) in [7, 11) is 0. The van der Waals surface area contributed by atoms with Crippen LogP contribution >= 0.6 is 0 Å². The largest absolute Gasteiger partial charge is 0.491 e. The summed E-state index contributed by atoms with van der Waals surface area (Å²) in [5.74, 6) is 1.04. The summed E-state index contributed by atoms with van der Waals surface area (Å²) in [4.78, 5) is 0. The Hall–Kier alpha value is -1.12. The molecule has 0 aromatic heterocycles. The molecule has 0 N–H and O–H groups in total. The van der Waals surface area contributed by atoms with E-state index in [1.165, 1.54) is 57.8 Å². The van der Waals surface area contributed by atoms with Crippen molar-refractivity contribution in [3.05, 3.63) is 29.3 Å². The first kappa shape index (κ1) is 18.7. The standard InChI is InChI=1S/C22H32F2O/c1-2-25-20-15-14-19(21(23)22(20)24)13-10-16-8-11-18(12-9-16)17-6-4-3-5-7-17/h14-18H,2-13H2,1H3. The van der Waals surface area contributed by atoms with E-state index < -0.39 is 11.6 Å². The first-order valence-electron chi connectivity index (χ1n) is 10.3. The van der Waals surface area contributed by atoms with E-state index in [1.54, 1.807) is 19.1 Å². The van der Waals surface area contributed by atoms with Crippen LogP contribution in [0, 0.1) is 29.4 Å². The number of rotatable bonds is 6. The van der Waals surface area contributed by atoms with Crippen molar-refractivity contribution in [1.82, 2.24) is 0 Å². The molecule has 0 unspecified atom stereocenters. The maximum absolute atomic E-state index is 14.2. The highest BCUT2D eigenvalue weighted by molar-refractivity contribution is 5.31. The molecule has 140 valence electrons. The lowest BCUT2D eigenvalue weighted by Crippen LogP contribution is -2.23. The lowest BCUT2D eigenvalue weighted by molar-refractivity contribution is 0.163. The number of hydrogen-bond donors (Lipinski definition) is 0. The highest BCUT2D eigenvalue weighted by Gasteiger charge is 2.28. The minimum atomic E-state index is -0.833. The maximum Gasteiger partial charge on any atom is 0.200 e. The molecular weight excluding hydrogens is 318 g/mol. The molecule has 3 heteroatoms. The van der Waals surface area contributed by atoms with Gasteiger partial charge in [-0.05, 0) is 62.0 Å². The average molecular weight is 350 g/mol. The SMILES string of the molecule is CCOc1ccc(CCC2CCC(C3CCCCC3)CC2)c(F)c1F. The maximum atomic E-state index is 14.2. The van der Waals surface area contributed by atoms with Gasteiger partial charge in [-0.1, -0.05) is 51.0 Å². The molecule has 2 fully saturated rings. The second kappa shape index (κ2) is 9.00. The monoisotopic (exact) mass is 350 g/mol. The minimum absolute atomic E-state index is 0.0248. The predicted molar refractivity (Wildman–Crippen MR) is 97.9 cm³/mol. The molecule has 0 radical (unpaired) electrons. The Morgan fingerprint density at radius 2 is 1.56 bits per heavy atom. The average Bonchev–Trinajstić information content (AvgIpc) is 2.66. The van der Waals surface area contributed by atoms with Gasteiger partial charge < -0.3 is 4.74 Å².